The van der Waals surface area contributed by atoms with E-state index in [1.165, 1.54) is 0 Å². The number of benzene rings is 1. The summed E-state index contributed by atoms with van der Waals surface area (Å²) in [6.07, 6.45) is 3.02. The van der Waals surface area contributed by atoms with Crippen LogP contribution in [0.5, 0.6) is 5.75 Å². The van der Waals surface area contributed by atoms with E-state index in [0.29, 0.717) is 5.75 Å². The van der Waals surface area contributed by atoms with E-state index < -0.39 is 0 Å². The third-order valence-corrected chi connectivity index (χ3v) is 2.62. The molecule has 15 heavy (non-hydrogen) atoms. The van der Waals surface area contributed by atoms with Crippen LogP contribution in [-0.4, -0.2) is 11.7 Å². The maximum atomic E-state index is 9.38. The molecule has 0 saturated carbocycles. The first-order chi connectivity index (χ1) is 7.15. The molecule has 1 rings (SSSR count). The van der Waals surface area contributed by atoms with Gasteiger partial charge in [0.25, 0.3) is 0 Å². The van der Waals surface area contributed by atoms with E-state index in [1.807, 2.05) is 19.1 Å². The highest BCUT2D eigenvalue weighted by Gasteiger charge is 2.06. The number of nitrogens with two attached hydrogens (primary N) is 2. The molecule has 0 unspecified atom stereocenters. The summed E-state index contributed by atoms with van der Waals surface area (Å²) in [7, 11) is 0. The highest BCUT2D eigenvalue weighted by Crippen LogP contribution is 2.22. The Kier molecular flexibility index (Phi) is 4.59. The smallest absolute Gasteiger partial charge is 0.118 e. The molecule has 0 heterocycles. The molecule has 1 aromatic carbocycles. The molecule has 0 aliphatic heterocycles. The zero-order valence-electron chi connectivity index (χ0n) is 9.24. The molecular formula is C12H20N2O. The van der Waals surface area contributed by atoms with E-state index in [4.69, 9.17) is 11.5 Å². The van der Waals surface area contributed by atoms with Crippen LogP contribution in [-0.2, 0) is 0 Å². The van der Waals surface area contributed by atoms with Crippen molar-refractivity contribution in [1.82, 2.24) is 0 Å². The van der Waals surface area contributed by atoms with Gasteiger partial charge in [-0.1, -0.05) is 18.6 Å². The summed E-state index contributed by atoms with van der Waals surface area (Å²) in [5.41, 5.74) is 13.4. The summed E-state index contributed by atoms with van der Waals surface area (Å²) in [4.78, 5) is 0. The Balaban J connectivity index is 2.57. The molecule has 5 N–H and O–H groups in total. The number of phenolic OH excluding ortho intramolecular Hbond substituents is 1. The van der Waals surface area contributed by atoms with E-state index in [-0.39, 0.29) is 6.04 Å². The molecule has 0 saturated heterocycles. The van der Waals surface area contributed by atoms with Crippen LogP contribution in [0, 0.1) is 6.92 Å². The van der Waals surface area contributed by atoms with Crippen molar-refractivity contribution in [2.45, 2.75) is 32.2 Å². The van der Waals surface area contributed by atoms with E-state index >= 15 is 0 Å². The first kappa shape index (κ1) is 12.0. The highest BCUT2D eigenvalue weighted by molar-refractivity contribution is 5.36. The zero-order chi connectivity index (χ0) is 11.3. The second-order valence-electron chi connectivity index (χ2n) is 3.94. The second kappa shape index (κ2) is 5.73. The van der Waals surface area contributed by atoms with Crippen LogP contribution in [0.3, 0.4) is 0 Å². The molecule has 1 atom stereocenters. The molecule has 1 aromatic rings. The lowest BCUT2D eigenvalue weighted by Crippen LogP contribution is -2.11. The van der Waals surface area contributed by atoms with Crippen molar-refractivity contribution in [3.63, 3.8) is 0 Å². The van der Waals surface area contributed by atoms with Gasteiger partial charge in [0, 0.05) is 6.04 Å². The normalized spacial score (nSPS) is 12.7. The van der Waals surface area contributed by atoms with Crippen molar-refractivity contribution in [3.8, 4) is 5.75 Å². The Bertz CT molecular complexity index is 312. The van der Waals surface area contributed by atoms with E-state index in [0.717, 1.165) is 36.9 Å². The minimum absolute atomic E-state index is 0.0517. The van der Waals surface area contributed by atoms with Crippen LogP contribution in [0.1, 0.15) is 36.4 Å². The lowest BCUT2D eigenvalue weighted by atomic mass is 10.00. The molecule has 0 bridgehead atoms. The predicted octanol–water partition coefficient (Wildman–Crippen LogP) is 1.83. The fourth-order valence-corrected chi connectivity index (χ4v) is 1.58. The molecule has 0 fully saturated rings. The third-order valence-electron chi connectivity index (χ3n) is 2.62. The van der Waals surface area contributed by atoms with Gasteiger partial charge in [0.05, 0.1) is 0 Å². The summed E-state index contributed by atoms with van der Waals surface area (Å²) >= 11 is 0. The Labute approximate surface area is 91.1 Å². The van der Waals surface area contributed by atoms with Gasteiger partial charge in [-0.2, -0.15) is 0 Å². The monoisotopic (exact) mass is 208 g/mol. The van der Waals surface area contributed by atoms with Gasteiger partial charge < -0.3 is 16.6 Å². The van der Waals surface area contributed by atoms with Crippen molar-refractivity contribution in [2.24, 2.45) is 11.5 Å². The van der Waals surface area contributed by atoms with E-state index in [9.17, 15) is 5.11 Å². The van der Waals surface area contributed by atoms with Crippen LogP contribution in [0.25, 0.3) is 0 Å². The molecule has 3 heteroatoms. The third kappa shape index (κ3) is 3.53. The average Bonchev–Trinajstić information content (AvgIpc) is 2.22. The summed E-state index contributed by atoms with van der Waals surface area (Å²) in [5.74, 6) is 0.327. The Morgan fingerprint density at radius 1 is 1.33 bits per heavy atom. The highest BCUT2D eigenvalue weighted by atomic mass is 16.3. The fraction of sp³-hybridized carbons (Fsp3) is 0.500. The fourth-order valence-electron chi connectivity index (χ4n) is 1.58. The number of hydrogen-bond donors (Lipinski definition) is 3. The van der Waals surface area contributed by atoms with Crippen LogP contribution < -0.4 is 11.5 Å². The van der Waals surface area contributed by atoms with Crippen molar-refractivity contribution in [2.75, 3.05) is 6.54 Å². The van der Waals surface area contributed by atoms with Gasteiger partial charge in [-0.3, -0.25) is 0 Å². The number of aromatic hydroxyl groups is 1. The summed E-state index contributed by atoms with van der Waals surface area (Å²) < 4.78 is 0. The number of phenols is 1. The molecule has 0 aromatic heterocycles. The number of aryl methyl sites for hydroxylation is 1. The van der Waals surface area contributed by atoms with Crippen LogP contribution in [0.15, 0.2) is 18.2 Å². The minimum Gasteiger partial charge on any atom is -0.508 e. The van der Waals surface area contributed by atoms with Gasteiger partial charge in [-0.05, 0) is 43.5 Å². The molecule has 0 radical (unpaired) electrons. The lowest BCUT2D eigenvalue weighted by molar-refractivity contribution is 0.470. The number of unbranched alkanes of at least 4 members (excludes halogenated alkanes) is 1. The predicted molar refractivity (Wildman–Crippen MR) is 62.7 cm³/mol. The van der Waals surface area contributed by atoms with Gasteiger partial charge in [-0.15, -0.1) is 0 Å². The van der Waals surface area contributed by atoms with Gasteiger partial charge in [-0.25, -0.2) is 0 Å². The Morgan fingerprint density at radius 2 is 2.07 bits per heavy atom. The second-order valence-corrected chi connectivity index (χ2v) is 3.94. The maximum Gasteiger partial charge on any atom is 0.118 e. The molecule has 3 nitrogen and oxygen atoms in total. The van der Waals surface area contributed by atoms with Crippen molar-refractivity contribution in [3.05, 3.63) is 29.3 Å². The molecule has 0 aliphatic carbocycles. The first-order valence-electron chi connectivity index (χ1n) is 5.40. The van der Waals surface area contributed by atoms with Gasteiger partial charge in [0.15, 0.2) is 0 Å². The summed E-state index contributed by atoms with van der Waals surface area (Å²) in [6, 6.07) is 5.58. The molecule has 84 valence electrons. The number of rotatable bonds is 5. The lowest BCUT2D eigenvalue weighted by Gasteiger charge is -2.12. The van der Waals surface area contributed by atoms with Crippen molar-refractivity contribution >= 4 is 0 Å². The van der Waals surface area contributed by atoms with E-state index in [2.05, 4.69) is 0 Å². The molecule has 0 amide bonds. The first-order valence-corrected chi connectivity index (χ1v) is 5.40. The van der Waals surface area contributed by atoms with Crippen LogP contribution in [0.2, 0.25) is 0 Å². The topological polar surface area (TPSA) is 72.3 Å². The standard InChI is InChI=1S/C12H20N2O/c1-9-8-10(5-6-12(9)15)11(14)4-2-3-7-13/h5-6,8,11,15H,2-4,7,13-14H2,1H3/t11-/m1/s1. The Hall–Kier alpha value is -1.06. The maximum absolute atomic E-state index is 9.38. The summed E-state index contributed by atoms with van der Waals surface area (Å²) in [5, 5.41) is 9.38. The van der Waals surface area contributed by atoms with Crippen molar-refractivity contribution < 1.29 is 5.11 Å². The van der Waals surface area contributed by atoms with Gasteiger partial charge in [0.1, 0.15) is 5.75 Å². The van der Waals surface area contributed by atoms with Gasteiger partial charge in [0.2, 0.25) is 0 Å². The summed E-state index contributed by atoms with van der Waals surface area (Å²) in [6.45, 7) is 2.60. The van der Waals surface area contributed by atoms with Crippen LogP contribution in [0.4, 0.5) is 0 Å². The number of hydrogen-bond acceptors (Lipinski definition) is 3. The largest absolute Gasteiger partial charge is 0.508 e. The molecular weight excluding hydrogens is 188 g/mol. The Morgan fingerprint density at radius 3 is 2.67 bits per heavy atom. The SMILES string of the molecule is Cc1cc([C@H](N)CCCCN)ccc1O. The minimum atomic E-state index is 0.0517. The molecule has 0 aliphatic rings. The zero-order valence-corrected chi connectivity index (χ0v) is 9.24. The molecule has 0 spiro atoms. The quantitative estimate of drug-likeness (QED) is 0.646. The van der Waals surface area contributed by atoms with E-state index in [1.54, 1.807) is 6.07 Å². The van der Waals surface area contributed by atoms with Crippen LogP contribution >= 0.6 is 0 Å². The average molecular weight is 208 g/mol. The van der Waals surface area contributed by atoms with Gasteiger partial charge >= 0.3 is 0 Å². The van der Waals surface area contributed by atoms with Crippen molar-refractivity contribution in [1.29, 1.82) is 0 Å².